The third-order valence-electron chi connectivity index (χ3n) is 4.74. The standard InChI is InChI=1S/C20H31N3O3/c1-15(2)23(20(25)26-14-17-8-5-4-6-9-17)13-18-10-7-11-22(12-18)19(24)16(3)21/h4-6,8-9,15-16,18H,7,10-14,21H2,1-3H3/t16-,18+/m0/s1. The number of carbonyl (C=O) groups is 2. The van der Waals surface area contributed by atoms with Crippen molar-refractivity contribution in [1.82, 2.24) is 9.80 Å². The lowest BCUT2D eigenvalue weighted by atomic mass is 9.96. The van der Waals surface area contributed by atoms with Crippen LogP contribution in [-0.2, 0) is 16.1 Å². The molecule has 0 saturated carbocycles. The quantitative estimate of drug-likeness (QED) is 0.845. The third-order valence-corrected chi connectivity index (χ3v) is 4.74. The summed E-state index contributed by atoms with van der Waals surface area (Å²) >= 11 is 0. The van der Waals surface area contributed by atoms with E-state index < -0.39 is 6.04 Å². The molecule has 0 unspecified atom stereocenters. The third kappa shape index (κ3) is 5.73. The zero-order valence-corrected chi connectivity index (χ0v) is 16.1. The zero-order chi connectivity index (χ0) is 19.1. The van der Waals surface area contributed by atoms with Gasteiger partial charge in [-0.3, -0.25) is 4.79 Å². The second-order valence-electron chi connectivity index (χ2n) is 7.37. The molecule has 2 rings (SSSR count). The minimum absolute atomic E-state index is 0.0162. The van der Waals surface area contributed by atoms with Gasteiger partial charge in [0.2, 0.25) is 5.91 Å². The maximum Gasteiger partial charge on any atom is 0.410 e. The van der Waals surface area contributed by atoms with E-state index in [1.807, 2.05) is 49.1 Å². The summed E-state index contributed by atoms with van der Waals surface area (Å²) in [6, 6.07) is 9.22. The van der Waals surface area contributed by atoms with Gasteiger partial charge in [0.1, 0.15) is 6.61 Å². The molecule has 1 heterocycles. The van der Waals surface area contributed by atoms with Gasteiger partial charge in [-0.25, -0.2) is 4.79 Å². The number of hydrogen-bond acceptors (Lipinski definition) is 4. The van der Waals surface area contributed by atoms with Crippen LogP contribution in [0.5, 0.6) is 0 Å². The van der Waals surface area contributed by atoms with Crippen LogP contribution in [-0.4, -0.2) is 53.5 Å². The predicted molar refractivity (Wildman–Crippen MR) is 101 cm³/mol. The number of hydrogen-bond donors (Lipinski definition) is 1. The number of nitrogens with zero attached hydrogens (tertiary/aromatic N) is 2. The lowest BCUT2D eigenvalue weighted by Crippen LogP contribution is -2.50. The topological polar surface area (TPSA) is 75.9 Å². The van der Waals surface area contributed by atoms with E-state index >= 15 is 0 Å². The van der Waals surface area contributed by atoms with E-state index in [0.29, 0.717) is 13.1 Å². The van der Waals surface area contributed by atoms with Crippen molar-refractivity contribution < 1.29 is 14.3 Å². The molecule has 1 aliphatic heterocycles. The Kier molecular flexibility index (Phi) is 7.45. The summed E-state index contributed by atoms with van der Waals surface area (Å²) in [6.07, 6.45) is 1.63. The Labute approximate surface area is 156 Å². The molecular weight excluding hydrogens is 330 g/mol. The van der Waals surface area contributed by atoms with Gasteiger partial charge in [0.25, 0.3) is 0 Å². The van der Waals surface area contributed by atoms with Crippen LogP contribution in [0.4, 0.5) is 4.79 Å². The van der Waals surface area contributed by atoms with Crippen LogP contribution in [0, 0.1) is 5.92 Å². The lowest BCUT2D eigenvalue weighted by Gasteiger charge is -2.37. The highest BCUT2D eigenvalue weighted by atomic mass is 16.6. The fourth-order valence-corrected chi connectivity index (χ4v) is 3.28. The molecule has 0 aromatic heterocycles. The maximum atomic E-state index is 12.6. The predicted octanol–water partition coefficient (Wildman–Crippen LogP) is 2.62. The first-order valence-electron chi connectivity index (χ1n) is 9.40. The summed E-state index contributed by atoms with van der Waals surface area (Å²) in [5, 5.41) is 0. The maximum absolute atomic E-state index is 12.6. The first-order chi connectivity index (χ1) is 12.4. The van der Waals surface area contributed by atoms with Gasteiger partial charge in [-0.1, -0.05) is 30.3 Å². The summed E-state index contributed by atoms with van der Waals surface area (Å²) in [5.74, 6) is 0.232. The van der Waals surface area contributed by atoms with Crippen molar-refractivity contribution in [2.75, 3.05) is 19.6 Å². The number of likely N-dealkylation sites (tertiary alicyclic amines) is 1. The Morgan fingerprint density at radius 2 is 1.96 bits per heavy atom. The highest BCUT2D eigenvalue weighted by molar-refractivity contribution is 5.81. The first kappa shape index (κ1) is 20.2. The van der Waals surface area contributed by atoms with Crippen LogP contribution in [0.3, 0.4) is 0 Å². The highest BCUT2D eigenvalue weighted by Gasteiger charge is 2.29. The average molecular weight is 361 g/mol. The number of nitrogens with two attached hydrogens (primary N) is 1. The smallest absolute Gasteiger partial charge is 0.410 e. The molecule has 2 N–H and O–H groups in total. The molecule has 6 nitrogen and oxygen atoms in total. The second-order valence-corrected chi connectivity index (χ2v) is 7.37. The molecule has 0 bridgehead atoms. The van der Waals surface area contributed by atoms with Gasteiger partial charge < -0.3 is 20.3 Å². The molecule has 1 saturated heterocycles. The average Bonchev–Trinajstić information content (AvgIpc) is 2.64. The molecule has 1 fully saturated rings. The van der Waals surface area contributed by atoms with Gasteiger partial charge in [-0.05, 0) is 45.1 Å². The number of ether oxygens (including phenoxy) is 1. The van der Waals surface area contributed by atoms with E-state index in [0.717, 1.165) is 24.9 Å². The number of piperidine rings is 1. The molecular formula is C20H31N3O3. The molecule has 6 heteroatoms. The largest absolute Gasteiger partial charge is 0.445 e. The fourth-order valence-electron chi connectivity index (χ4n) is 3.28. The molecule has 0 spiro atoms. The molecule has 26 heavy (non-hydrogen) atoms. The van der Waals surface area contributed by atoms with Crippen LogP contribution in [0.25, 0.3) is 0 Å². The van der Waals surface area contributed by atoms with Crippen LogP contribution in [0.15, 0.2) is 30.3 Å². The number of amides is 2. The molecule has 1 aliphatic rings. The van der Waals surface area contributed by atoms with Gasteiger partial charge in [0, 0.05) is 25.7 Å². The van der Waals surface area contributed by atoms with Gasteiger partial charge in [-0.15, -0.1) is 0 Å². The molecule has 2 atom stereocenters. The van der Waals surface area contributed by atoms with Gasteiger partial charge in [-0.2, -0.15) is 0 Å². The number of rotatable bonds is 6. The SMILES string of the molecule is CC(C)N(C[C@@H]1CCCN(C(=O)[C@H](C)N)C1)C(=O)OCc1ccccc1. The Hall–Kier alpha value is -2.08. The summed E-state index contributed by atoms with van der Waals surface area (Å²) in [7, 11) is 0. The van der Waals surface area contributed by atoms with Crippen molar-refractivity contribution in [1.29, 1.82) is 0 Å². The van der Waals surface area contributed by atoms with E-state index in [4.69, 9.17) is 10.5 Å². The van der Waals surface area contributed by atoms with Crippen molar-refractivity contribution in [2.24, 2.45) is 11.7 Å². The van der Waals surface area contributed by atoms with Crippen LogP contribution < -0.4 is 5.73 Å². The Morgan fingerprint density at radius 1 is 1.27 bits per heavy atom. The summed E-state index contributed by atoms with van der Waals surface area (Å²) in [5.41, 5.74) is 6.70. The van der Waals surface area contributed by atoms with Gasteiger partial charge >= 0.3 is 6.09 Å². The zero-order valence-electron chi connectivity index (χ0n) is 16.1. The van der Waals surface area contributed by atoms with Crippen molar-refractivity contribution >= 4 is 12.0 Å². The van der Waals surface area contributed by atoms with Crippen LogP contribution >= 0.6 is 0 Å². The number of carbonyl (C=O) groups excluding carboxylic acids is 2. The van der Waals surface area contributed by atoms with Crippen molar-refractivity contribution in [3.8, 4) is 0 Å². The van der Waals surface area contributed by atoms with E-state index in [1.165, 1.54) is 0 Å². The van der Waals surface area contributed by atoms with E-state index in [9.17, 15) is 9.59 Å². The number of benzene rings is 1. The van der Waals surface area contributed by atoms with Crippen LogP contribution in [0.1, 0.15) is 39.2 Å². The normalized spacial score (nSPS) is 18.5. The summed E-state index contributed by atoms with van der Waals surface area (Å²) in [4.78, 5) is 28.3. The molecule has 144 valence electrons. The Balaban J connectivity index is 1.92. The van der Waals surface area contributed by atoms with Crippen molar-refractivity contribution in [2.45, 2.75) is 52.3 Å². The Morgan fingerprint density at radius 3 is 2.58 bits per heavy atom. The monoisotopic (exact) mass is 361 g/mol. The van der Waals surface area contributed by atoms with Gasteiger partial charge in [0.05, 0.1) is 6.04 Å². The molecule has 1 aromatic carbocycles. The second kappa shape index (κ2) is 9.57. The molecule has 0 aliphatic carbocycles. The Bertz CT molecular complexity index is 589. The fraction of sp³-hybridized carbons (Fsp3) is 0.600. The minimum atomic E-state index is -0.481. The molecule has 2 amide bonds. The van der Waals surface area contributed by atoms with E-state index in [1.54, 1.807) is 11.8 Å². The molecule has 1 aromatic rings. The summed E-state index contributed by atoms with van der Waals surface area (Å²) < 4.78 is 5.49. The first-order valence-corrected chi connectivity index (χ1v) is 9.40. The van der Waals surface area contributed by atoms with E-state index in [-0.39, 0.29) is 30.6 Å². The van der Waals surface area contributed by atoms with Crippen molar-refractivity contribution in [3.63, 3.8) is 0 Å². The summed E-state index contributed by atoms with van der Waals surface area (Å²) in [6.45, 7) is 7.94. The minimum Gasteiger partial charge on any atom is -0.445 e. The highest BCUT2D eigenvalue weighted by Crippen LogP contribution is 2.20. The van der Waals surface area contributed by atoms with Crippen LogP contribution in [0.2, 0.25) is 0 Å². The van der Waals surface area contributed by atoms with Gasteiger partial charge in [0.15, 0.2) is 0 Å². The molecule has 0 radical (unpaired) electrons. The van der Waals surface area contributed by atoms with E-state index in [2.05, 4.69) is 0 Å². The lowest BCUT2D eigenvalue weighted by molar-refractivity contribution is -0.134. The van der Waals surface area contributed by atoms with Crippen molar-refractivity contribution in [3.05, 3.63) is 35.9 Å².